The number of anilines is 1. The van der Waals surface area contributed by atoms with Crippen molar-refractivity contribution in [2.75, 3.05) is 31.6 Å². The number of methoxy groups -OCH3 is 2. The molecule has 0 spiro atoms. The number of halogens is 2. The summed E-state index contributed by atoms with van der Waals surface area (Å²) in [5.41, 5.74) is 0.808. The Morgan fingerprint density at radius 1 is 0.975 bits per heavy atom. The predicted octanol–water partition coefficient (Wildman–Crippen LogP) is 4.35. The van der Waals surface area contributed by atoms with Gasteiger partial charge in [-0.15, -0.1) is 0 Å². The van der Waals surface area contributed by atoms with Gasteiger partial charge in [0, 0.05) is 23.6 Å². The first-order valence-electron chi connectivity index (χ1n) is 12.3. The minimum atomic E-state index is -4.37. The fourth-order valence-electron chi connectivity index (χ4n) is 3.93. The van der Waals surface area contributed by atoms with E-state index in [0.29, 0.717) is 12.3 Å². The summed E-state index contributed by atoms with van der Waals surface area (Å²) in [5, 5.41) is 2.71. The van der Waals surface area contributed by atoms with E-state index in [4.69, 9.17) is 9.47 Å². The molecule has 0 saturated carbocycles. The van der Waals surface area contributed by atoms with E-state index >= 15 is 0 Å². The molecule has 40 heavy (non-hydrogen) atoms. The molecule has 1 atom stereocenters. The molecule has 0 saturated heterocycles. The van der Waals surface area contributed by atoms with E-state index in [1.165, 1.54) is 49.5 Å². The van der Waals surface area contributed by atoms with Gasteiger partial charge in [-0.2, -0.15) is 0 Å². The van der Waals surface area contributed by atoms with Gasteiger partial charge in [-0.1, -0.05) is 28.1 Å². The summed E-state index contributed by atoms with van der Waals surface area (Å²) in [4.78, 5) is 27.7. The van der Waals surface area contributed by atoms with Crippen LogP contribution in [0.4, 0.5) is 10.1 Å². The first kappa shape index (κ1) is 30.9. The lowest BCUT2D eigenvalue weighted by molar-refractivity contribution is -0.139. The van der Waals surface area contributed by atoms with Crippen molar-refractivity contribution in [1.82, 2.24) is 10.2 Å². The normalized spacial score (nSPS) is 11.8. The van der Waals surface area contributed by atoms with Crippen molar-refractivity contribution in [3.8, 4) is 11.5 Å². The molecule has 0 aromatic heterocycles. The van der Waals surface area contributed by atoms with Gasteiger partial charge in [-0.3, -0.25) is 13.9 Å². The molecule has 0 radical (unpaired) electrons. The predicted molar refractivity (Wildman–Crippen MR) is 153 cm³/mol. The smallest absolute Gasteiger partial charge is 0.264 e. The maximum absolute atomic E-state index is 13.9. The highest BCUT2D eigenvalue weighted by molar-refractivity contribution is 9.10. The topological polar surface area (TPSA) is 105 Å². The molecule has 0 bridgehead atoms. The maximum Gasteiger partial charge on any atom is 0.264 e. The Hall–Kier alpha value is -3.64. The number of benzene rings is 3. The molecule has 12 heteroatoms. The molecule has 3 aromatic carbocycles. The molecule has 2 amide bonds. The lowest BCUT2D eigenvalue weighted by Gasteiger charge is -2.32. The zero-order valence-electron chi connectivity index (χ0n) is 22.6. The lowest BCUT2D eigenvalue weighted by atomic mass is 10.1. The number of amides is 2. The van der Waals surface area contributed by atoms with E-state index in [1.807, 2.05) is 0 Å². The van der Waals surface area contributed by atoms with E-state index in [2.05, 4.69) is 21.2 Å². The van der Waals surface area contributed by atoms with Crippen LogP contribution in [-0.2, 0) is 26.2 Å². The number of carbonyl (C=O) groups is 2. The van der Waals surface area contributed by atoms with Gasteiger partial charge in [0.25, 0.3) is 10.0 Å². The third-order valence-corrected chi connectivity index (χ3v) is 8.42. The zero-order valence-corrected chi connectivity index (χ0v) is 25.0. The molecule has 0 fully saturated rings. The Bertz CT molecular complexity index is 1440. The van der Waals surface area contributed by atoms with Gasteiger partial charge < -0.3 is 19.7 Å². The van der Waals surface area contributed by atoms with Crippen molar-refractivity contribution >= 4 is 43.5 Å². The van der Waals surface area contributed by atoms with Gasteiger partial charge >= 0.3 is 0 Å². The average Bonchev–Trinajstić information content (AvgIpc) is 2.95. The number of hydrogen-bond acceptors (Lipinski definition) is 6. The number of rotatable bonds is 12. The zero-order chi connectivity index (χ0) is 29.4. The highest BCUT2D eigenvalue weighted by Gasteiger charge is 2.33. The molecule has 0 aliphatic carbocycles. The summed E-state index contributed by atoms with van der Waals surface area (Å²) in [5.74, 6) is -1.09. The standard InChI is InChI=1S/C28H31BrFN3O6S/c1-5-31-28(35)19(2)32(17-20-6-8-21(29)9-7-20)27(34)18-33(23-12-10-22(30)11-13-23)40(36,37)24-14-15-25(38-3)26(16-24)39-4/h6-16,19H,5,17-18H2,1-4H3,(H,31,35). The number of nitrogens with one attached hydrogen (secondary N) is 1. The van der Waals surface area contributed by atoms with Crippen LogP contribution < -0.4 is 19.1 Å². The van der Waals surface area contributed by atoms with Crippen LogP contribution in [0.3, 0.4) is 0 Å². The van der Waals surface area contributed by atoms with E-state index < -0.39 is 34.3 Å². The Balaban J connectivity index is 2.06. The summed E-state index contributed by atoms with van der Waals surface area (Å²) in [6.07, 6.45) is 0. The van der Waals surface area contributed by atoms with Crippen LogP contribution in [0.25, 0.3) is 0 Å². The van der Waals surface area contributed by atoms with Crippen LogP contribution in [0, 0.1) is 5.82 Å². The van der Waals surface area contributed by atoms with Crippen LogP contribution in [0.1, 0.15) is 19.4 Å². The highest BCUT2D eigenvalue weighted by Crippen LogP contribution is 2.32. The second-order valence-corrected chi connectivity index (χ2v) is 11.5. The first-order chi connectivity index (χ1) is 19.0. The number of sulfonamides is 1. The molecule has 1 unspecified atom stereocenters. The lowest BCUT2D eigenvalue weighted by Crippen LogP contribution is -2.51. The fourth-order valence-corrected chi connectivity index (χ4v) is 5.63. The van der Waals surface area contributed by atoms with Gasteiger partial charge in [-0.25, -0.2) is 12.8 Å². The maximum atomic E-state index is 13.9. The van der Waals surface area contributed by atoms with Crippen molar-refractivity contribution in [1.29, 1.82) is 0 Å². The Morgan fingerprint density at radius 3 is 2.17 bits per heavy atom. The van der Waals surface area contributed by atoms with Crippen molar-refractivity contribution < 1.29 is 31.9 Å². The minimum Gasteiger partial charge on any atom is -0.493 e. The van der Waals surface area contributed by atoms with E-state index in [1.54, 1.807) is 38.1 Å². The second-order valence-electron chi connectivity index (χ2n) is 8.72. The van der Waals surface area contributed by atoms with Gasteiger partial charge in [-0.05, 0) is 67.9 Å². The number of carbonyl (C=O) groups excluding carboxylic acids is 2. The molecule has 3 rings (SSSR count). The van der Waals surface area contributed by atoms with E-state index in [-0.39, 0.29) is 28.8 Å². The SMILES string of the molecule is CCNC(=O)C(C)N(Cc1ccc(Br)cc1)C(=O)CN(c1ccc(F)cc1)S(=O)(=O)c1ccc(OC)c(OC)c1. The Morgan fingerprint density at radius 2 is 1.60 bits per heavy atom. The van der Waals surface area contributed by atoms with Crippen molar-refractivity contribution in [3.63, 3.8) is 0 Å². The molecular formula is C28H31BrFN3O6S. The summed E-state index contributed by atoms with van der Waals surface area (Å²) in [6.45, 7) is 3.10. The van der Waals surface area contributed by atoms with Gasteiger partial charge in [0.05, 0.1) is 24.8 Å². The van der Waals surface area contributed by atoms with Crippen molar-refractivity contribution in [2.45, 2.75) is 31.3 Å². The van der Waals surface area contributed by atoms with Crippen LogP contribution >= 0.6 is 15.9 Å². The van der Waals surface area contributed by atoms with Gasteiger partial charge in [0.2, 0.25) is 11.8 Å². The number of ether oxygens (including phenoxy) is 2. The quantitative estimate of drug-likeness (QED) is 0.317. The molecule has 0 aliphatic heterocycles. The van der Waals surface area contributed by atoms with Gasteiger partial charge in [0.15, 0.2) is 11.5 Å². The monoisotopic (exact) mass is 635 g/mol. The van der Waals surface area contributed by atoms with Crippen LogP contribution in [-0.4, -0.2) is 58.5 Å². The average molecular weight is 637 g/mol. The third-order valence-electron chi connectivity index (χ3n) is 6.12. The molecule has 3 aromatic rings. The number of nitrogens with zero attached hydrogens (tertiary/aromatic N) is 2. The van der Waals surface area contributed by atoms with E-state index in [0.717, 1.165) is 26.5 Å². The fraction of sp³-hybridized carbons (Fsp3) is 0.286. The second kappa shape index (κ2) is 13.6. The largest absolute Gasteiger partial charge is 0.493 e. The molecule has 9 nitrogen and oxygen atoms in total. The Kier molecular flexibility index (Phi) is 10.5. The Labute approximate surface area is 242 Å². The number of likely N-dealkylation sites (N-methyl/N-ethyl adjacent to an activating group) is 1. The first-order valence-corrected chi connectivity index (χ1v) is 14.6. The van der Waals surface area contributed by atoms with Crippen molar-refractivity contribution in [2.24, 2.45) is 0 Å². The minimum absolute atomic E-state index is 0.0536. The van der Waals surface area contributed by atoms with E-state index in [9.17, 15) is 22.4 Å². The summed E-state index contributed by atoms with van der Waals surface area (Å²) in [7, 11) is -1.57. The van der Waals surface area contributed by atoms with Crippen LogP contribution in [0.15, 0.2) is 76.1 Å². The molecular weight excluding hydrogens is 605 g/mol. The molecule has 214 valence electrons. The summed E-state index contributed by atoms with van der Waals surface area (Å²) in [6, 6.07) is 15.1. The summed E-state index contributed by atoms with van der Waals surface area (Å²) < 4.78 is 53.8. The highest BCUT2D eigenvalue weighted by atomic mass is 79.9. The van der Waals surface area contributed by atoms with Gasteiger partial charge in [0.1, 0.15) is 18.4 Å². The number of hydrogen-bond donors (Lipinski definition) is 1. The van der Waals surface area contributed by atoms with Crippen molar-refractivity contribution in [3.05, 3.63) is 82.6 Å². The van der Waals surface area contributed by atoms with Crippen LogP contribution in [0.2, 0.25) is 0 Å². The summed E-state index contributed by atoms with van der Waals surface area (Å²) >= 11 is 3.38. The molecule has 1 N–H and O–H groups in total. The molecule has 0 heterocycles. The molecule has 0 aliphatic rings. The third kappa shape index (κ3) is 7.30. The van der Waals surface area contributed by atoms with Crippen LogP contribution in [0.5, 0.6) is 11.5 Å².